The van der Waals surface area contributed by atoms with E-state index in [0.717, 1.165) is 5.06 Å². The predicted octanol–water partition coefficient (Wildman–Crippen LogP) is -0.364. The molecule has 36 valence electrons. The van der Waals surface area contributed by atoms with Gasteiger partial charge in [0, 0.05) is 7.05 Å². The third-order valence-corrected chi connectivity index (χ3v) is 0.436. The molecule has 0 aromatic carbocycles. The Morgan fingerprint density at radius 2 is 2.33 bits per heavy atom. The number of hydrogen-bond acceptors (Lipinski definition) is 2. The van der Waals surface area contributed by atoms with Crippen molar-refractivity contribution in [1.29, 1.82) is 0 Å². The van der Waals surface area contributed by atoms with Crippen LogP contribution in [0.3, 0.4) is 0 Å². The number of hydroxylamine groups is 2. The molecule has 0 atom stereocenters. The highest BCUT2D eigenvalue weighted by atomic mass is 16.7. The van der Waals surface area contributed by atoms with Crippen LogP contribution in [0.1, 0.15) is 0 Å². The van der Waals surface area contributed by atoms with Crippen LogP contribution in [0.25, 0.3) is 0 Å². The first-order valence-electron chi connectivity index (χ1n) is 1.53. The van der Waals surface area contributed by atoms with Gasteiger partial charge in [0.1, 0.15) is 0 Å². The van der Waals surface area contributed by atoms with Crippen LogP contribution in [0.4, 0.5) is 0 Å². The van der Waals surface area contributed by atoms with Crippen molar-refractivity contribution in [1.82, 2.24) is 5.06 Å². The lowest BCUT2D eigenvalue weighted by Crippen LogP contribution is -2.12. The van der Waals surface area contributed by atoms with Crippen LogP contribution in [-0.2, 0) is 9.63 Å². The third kappa shape index (κ3) is 1.72. The zero-order valence-electron chi connectivity index (χ0n) is 3.84. The number of rotatable bonds is 2. The Morgan fingerprint density at radius 3 is 2.33 bits per heavy atom. The van der Waals surface area contributed by atoms with Gasteiger partial charge in [0.05, 0.1) is 7.11 Å². The van der Waals surface area contributed by atoms with Gasteiger partial charge in [0.25, 0.3) is 0 Å². The van der Waals surface area contributed by atoms with Crippen LogP contribution < -0.4 is 0 Å². The first kappa shape index (κ1) is 5.43. The van der Waals surface area contributed by atoms with E-state index >= 15 is 0 Å². The minimum Gasteiger partial charge on any atom is -0.276 e. The lowest BCUT2D eigenvalue weighted by atomic mass is 11.2. The summed E-state index contributed by atoms with van der Waals surface area (Å²) >= 11 is 0. The second kappa shape index (κ2) is 2.66. The monoisotopic (exact) mass is 89.0 g/mol. The first-order valence-corrected chi connectivity index (χ1v) is 1.53. The van der Waals surface area contributed by atoms with Crippen LogP contribution in [-0.4, -0.2) is 25.6 Å². The minimum absolute atomic E-state index is 0.583. The second-order valence-corrected chi connectivity index (χ2v) is 0.834. The fourth-order valence-electron chi connectivity index (χ4n) is 0.0430. The summed E-state index contributed by atoms with van der Waals surface area (Å²) in [4.78, 5) is 13.9. The molecule has 6 heavy (non-hydrogen) atoms. The van der Waals surface area contributed by atoms with Gasteiger partial charge in [-0.25, -0.2) is 5.06 Å². The van der Waals surface area contributed by atoms with E-state index in [1.807, 2.05) is 0 Å². The summed E-state index contributed by atoms with van der Waals surface area (Å²) in [5.74, 6) is 0. The number of carbonyl (C=O) groups is 1. The molecule has 3 nitrogen and oxygen atoms in total. The van der Waals surface area contributed by atoms with Crippen LogP contribution in [0.15, 0.2) is 0 Å². The van der Waals surface area contributed by atoms with Crippen LogP contribution in [0.5, 0.6) is 0 Å². The van der Waals surface area contributed by atoms with Crippen molar-refractivity contribution in [3.05, 3.63) is 0 Å². The quantitative estimate of drug-likeness (QED) is 0.341. The molecule has 0 rings (SSSR count). The number of carbonyl (C=O) groups excluding carboxylic acids is 1. The van der Waals surface area contributed by atoms with E-state index in [2.05, 4.69) is 4.84 Å². The van der Waals surface area contributed by atoms with Crippen LogP contribution in [0.2, 0.25) is 0 Å². The molecular weight excluding hydrogens is 82.0 g/mol. The molecule has 0 fully saturated rings. The van der Waals surface area contributed by atoms with Crippen molar-refractivity contribution < 1.29 is 9.63 Å². The van der Waals surface area contributed by atoms with Gasteiger partial charge in [-0.3, -0.25) is 9.63 Å². The lowest BCUT2D eigenvalue weighted by molar-refractivity contribution is -0.153. The Bertz CT molecular complexity index is 46.1. The average molecular weight is 89.1 g/mol. The summed E-state index contributed by atoms with van der Waals surface area (Å²) in [7, 11) is 2.95. The lowest BCUT2D eigenvalue weighted by Gasteiger charge is -2.02. The second-order valence-electron chi connectivity index (χ2n) is 0.834. The summed E-state index contributed by atoms with van der Waals surface area (Å²) in [5, 5.41) is 1.07. The van der Waals surface area contributed by atoms with Gasteiger partial charge in [0.15, 0.2) is 0 Å². The summed E-state index contributed by atoms with van der Waals surface area (Å²) in [6, 6.07) is 0. The Hall–Kier alpha value is -0.570. The number of hydrogen-bond donors (Lipinski definition) is 0. The number of amides is 1. The molecule has 0 aromatic heterocycles. The van der Waals surface area contributed by atoms with Gasteiger partial charge in [-0.2, -0.15) is 0 Å². The van der Waals surface area contributed by atoms with Gasteiger partial charge in [-0.15, -0.1) is 0 Å². The fraction of sp³-hybridized carbons (Fsp3) is 0.667. The van der Waals surface area contributed by atoms with Gasteiger partial charge >= 0.3 is 0 Å². The Balaban J connectivity index is 2.96. The molecule has 0 aliphatic rings. The van der Waals surface area contributed by atoms with E-state index < -0.39 is 0 Å². The van der Waals surface area contributed by atoms with Gasteiger partial charge in [0.2, 0.25) is 6.41 Å². The fourth-order valence-corrected chi connectivity index (χ4v) is 0.0430. The zero-order chi connectivity index (χ0) is 4.99. The third-order valence-electron chi connectivity index (χ3n) is 0.436. The molecule has 0 aliphatic heterocycles. The van der Waals surface area contributed by atoms with E-state index in [0.29, 0.717) is 6.41 Å². The molecule has 0 saturated heterocycles. The average Bonchev–Trinajstić information content (AvgIpc) is 1.65. The molecule has 0 N–H and O–H groups in total. The molecule has 0 unspecified atom stereocenters. The van der Waals surface area contributed by atoms with Crippen molar-refractivity contribution in [3.63, 3.8) is 0 Å². The maximum Gasteiger partial charge on any atom is 0.233 e. The van der Waals surface area contributed by atoms with E-state index in [1.165, 1.54) is 14.2 Å². The molecule has 1 amide bonds. The smallest absolute Gasteiger partial charge is 0.233 e. The maximum atomic E-state index is 9.54. The highest BCUT2D eigenvalue weighted by Gasteiger charge is 1.79. The van der Waals surface area contributed by atoms with E-state index in [9.17, 15) is 4.79 Å². The van der Waals surface area contributed by atoms with E-state index in [4.69, 9.17) is 0 Å². The topological polar surface area (TPSA) is 29.5 Å². The van der Waals surface area contributed by atoms with E-state index in [1.54, 1.807) is 0 Å². The molecule has 0 heterocycles. The zero-order valence-corrected chi connectivity index (χ0v) is 3.84. The summed E-state index contributed by atoms with van der Waals surface area (Å²) in [6.07, 6.45) is 0.583. The molecule has 0 radical (unpaired) electrons. The summed E-state index contributed by atoms with van der Waals surface area (Å²) < 4.78 is 0. The van der Waals surface area contributed by atoms with Gasteiger partial charge in [-0.05, 0) is 0 Å². The molecule has 3 heteroatoms. The summed E-state index contributed by atoms with van der Waals surface area (Å²) in [6.45, 7) is 0. The van der Waals surface area contributed by atoms with Crippen molar-refractivity contribution in [3.8, 4) is 0 Å². The van der Waals surface area contributed by atoms with Crippen molar-refractivity contribution in [2.45, 2.75) is 0 Å². The molecule has 0 bridgehead atoms. The highest BCUT2D eigenvalue weighted by molar-refractivity contribution is 5.44. The SMILES string of the molecule is CON(C)C=O. The summed E-state index contributed by atoms with van der Waals surface area (Å²) in [5.41, 5.74) is 0. The van der Waals surface area contributed by atoms with Crippen LogP contribution in [0, 0.1) is 0 Å². The van der Waals surface area contributed by atoms with Crippen molar-refractivity contribution in [2.24, 2.45) is 0 Å². The van der Waals surface area contributed by atoms with Crippen molar-refractivity contribution >= 4 is 6.41 Å². The number of nitrogens with zero attached hydrogens (tertiary/aromatic N) is 1. The Labute approximate surface area is 36.5 Å². The molecule has 0 saturated carbocycles. The molecule has 0 aromatic rings. The van der Waals surface area contributed by atoms with E-state index in [-0.39, 0.29) is 0 Å². The largest absolute Gasteiger partial charge is 0.276 e. The highest BCUT2D eigenvalue weighted by Crippen LogP contribution is 1.66. The first-order chi connectivity index (χ1) is 2.81. The maximum absolute atomic E-state index is 9.54. The molecular formula is C3H7NO2. The van der Waals surface area contributed by atoms with Crippen molar-refractivity contribution in [2.75, 3.05) is 14.2 Å². The Morgan fingerprint density at radius 1 is 1.83 bits per heavy atom. The standard InChI is InChI=1S/C3H7NO2/c1-4(3-5)6-2/h3H,1-2H3. The predicted molar refractivity (Wildman–Crippen MR) is 20.8 cm³/mol. The normalized spacial score (nSPS) is 7.67. The molecule has 0 spiro atoms. The molecule has 0 aliphatic carbocycles. The Kier molecular flexibility index (Phi) is 2.40. The van der Waals surface area contributed by atoms with Gasteiger partial charge < -0.3 is 0 Å². The van der Waals surface area contributed by atoms with Crippen LogP contribution >= 0.6 is 0 Å². The minimum atomic E-state index is 0.583. The van der Waals surface area contributed by atoms with Gasteiger partial charge in [-0.1, -0.05) is 0 Å².